The number of carbonyl (C=O) groups is 2. The Labute approximate surface area is 111 Å². The van der Waals surface area contributed by atoms with E-state index >= 15 is 0 Å². The minimum atomic E-state index is -1.29. The van der Waals surface area contributed by atoms with Crippen molar-refractivity contribution in [2.75, 3.05) is 34.4 Å². The highest BCUT2D eigenvalue weighted by Crippen LogP contribution is 2.10. The lowest BCUT2D eigenvalue weighted by Gasteiger charge is -2.05. The molecule has 7 heteroatoms. The van der Waals surface area contributed by atoms with Crippen LogP contribution in [0.5, 0.6) is 0 Å². The molecule has 5 nitrogen and oxygen atoms in total. The molecule has 100 valence electrons. The Kier molecular flexibility index (Phi) is 13.1. The number of Topliss-reactive ketones (excluding diaryl/α,β-unsaturated/α-hetero) is 1. The maximum absolute atomic E-state index is 11.0. The maximum Gasteiger partial charge on any atom is 0.341 e. The zero-order valence-corrected chi connectivity index (χ0v) is 11.6. The number of nitrogens with one attached hydrogen (secondary N) is 1. The largest absolute Gasteiger partial charge is 0.460 e. The van der Waals surface area contributed by atoms with Crippen molar-refractivity contribution < 1.29 is 19.1 Å². The fraction of sp³-hybridized carbons (Fsp3) is 0.600. The number of rotatable bonds is 6. The van der Waals surface area contributed by atoms with Crippen LogP contribution in [-0.4, -0.2) is 51.0 Å². The van der Waals surface area contributed by atoms with Crippen LogP contribution in [0.2, 0.25) is 0 Å². The molecule has 0 bridgehead atoms. The van der Waals surface area contributed by atoms with E-state index in [1.807, 2.05) is 14.1 Å². The van der Waals surface area contributed by atoms with Crippen molar-refractivity contribution in [2.45, 2.75) is 4.84 Å². The first-order chi connectivity index (χ1) is 7.92. The second kappa shape index (κ2) is 11.9. The van der Waals surface area contributed by atoms with Crippen molar-refractivity contribution in [3.8, 4) is 0 Å². The predicted octanol–water partition coefficient (Wildman–Crippen LogP) is 0.941. The van der Waals surface area contributed by atoms with Gasteiger partial charge in [-0.05, 0) is 14.1 Å². The van der Waals surface area contributed by atoms with Gasteiger partial charge in [-0.25, -0.2) is 4.79 Å². The fourth-order valence-electron chi connectivity index (χ4n) is 0.537. The average Bonchev–Trinajstić information content (AvgIpc) is 2.28. The summed E-state index contributed by atoms with van der Waals surface area (Å²) < 4.78 is 9.25. The molecule has 0 unspecified atom stereocenters. The second-order valence-corrected chi connectivity index (χ2v) is 3.87. The lowest BCUT2D eigenvalue weighted by Crippen LogP contribution is -2.20. The van der Waals surface area contributed by atoms with Crippen LogP contribution >= 0.6 is 23.2 Å². The molecule has 0 aliphatic carbocycles. The Morgan fingerprint density at radius 3 is 2.12 bits per heavy atom. The number of alkyl halides is 2. The SMILES string of the molecule is C=C(C(=O)OCCOC)C(=O)C(Cl)Cl.CNC. The molecular weight excluding hydrogens is 269 g/mol. The van der Waals surface area contributed by atoms with Gasteiger partial charge in [-0.1, -0.05) is 29.8 Å². The van der Waals surface area contributed by atoms with E-state index in [9.17, 15) is 9.59 Å². The van der Waals surface area contributed by atoms with Gasteiger partial charge in [0.15, 0.2) is 4.84 Å². The Morgan fingerprint density at radius 2 is 1.76 bits per heavy atom. The number of ketones is 1. The van der Waals surface area contributed by atoms with Crippen LogP contribution in [0.15, 0.2) is 12.2 Å². The summed E-state index contributed by atoms with van der Waals surface area (Å²) in [5.74, 6) is -1.59. The maximum atomic E-state index is 11.0. The van der Waals surface area contributed by atoms with Gasteiger partial charge in [0.05, 0.1) is 12.2 Å². The van der Waals surface area contributed by atoms with E-state index in [0.29, 0.717) is 0 Å². The number of halogens is 2. The van der Waals surface area contributed by atoms with Crippen LogP contribution in [0, 0.1) is 0 Å². The average molecular weight is 286 g/mol. The van der Waals surface area contributed by atoms with Gasteiger partial charge in [0.1, 0.15) is 6.61 Å². The highest BCUT2D eigenvalue weighted by atomic mass is 35.5. The van der Waals surface area contributed by atoms with E-state index in [1.54, 1.807) is 0 Å². The smallest absolute Gasteiger partial charge is 0.341 e. The van der Waals surface area contributed by atoms with Crippen LogP contribution in [0.3, 0.4) is 0 Å². The molecule has 0 saturated heterocycles. The molecule has 0 fully saturated rings. The van der Waals surface area contributed by atoms with Crippen molar-refractivity contribution in [3.63, 3.8) is 0 Å². The van der Waals surface area contributed by atoms with E-state index in [1.165, 1.54) is 7.11 Å². The molecular formula is C10H17Cl2NO4. The van der Waals surface area contributed by atoms with E-state index in [4.69, 9.17) is 23.2 Å². The summed E-state index contributed by atoms with van der Waals surface area (Å²) in [5, 5.41) is 2.75. The number of esters is 1. The van der Waals surface area contributed by atoms with Crippen molar-refractivity contribution in [1.82, 2.24) is 5.32 Å². The standard InChI is InChI=1S/C8H10Cl2O4.C2H7N/c1-5(6(11)7(9)10)8(12)14-4-3-13-2;1-3-2/h7H,1,3-4H2,2H3;3H,1-2H3. The second-order valence-electron chi connectivity index (χ2n) is 2.77. The zero-order chi connectivity index (χ0) is 13.8. The normalized spacial score (nSPS) is 9.29. The Bertz CT molecular complexity index is 257. The first-order valence-corrected chi connectivity index (χ1v) is 5.55. The molecule has 0 atom stereocenters. The summed E-state index contributed by atoms with van der Waals surface area (Å²) in [7, 11) is 5.21. The third kappa shape index (κ3) is 10.3. The van der Waals surface area contributed by atoms with Gasteiger partial charge in [-0.3, -0.25) is 4.79 Å². The summed E-state index contributed by atoms with van der Waals surface area (Å²) in [6.45, 7) is 3.52. The Balaban J connectivity index is 0. The van der Waals surface area contributed by atoms with Gasteiger partial charge in [-0.15, -0.1) is 0 Å². The van der Waals surface area contributed by atoms with E-state index in [2.05, 4.69) is 21.4 Å². The Hall–Kier alpha value is -0.620. The fourth-order valence-corrected chi connectivity index (χ4v) is 0.801. The summed E-state index contributed by atoms with van der Waals surface area (Å²) in [6, 6.07) is 0. The summed E-state index contributed by atoms with van der Waals surface area (Å²) in [4.78, 5) is 20.8. The quantitative estimate of drug-likeness (QED) is 0.197. The molecule has 0 radical (unpaired) electrons. The van der Waals surface area contributed by atoms with Crippen LogP contribution in [0.25, 0.3) is 0 Å². The molecule has 0 spiro atoms. The molecule has 0 aromatic heterocycles. The highest BCUT2D eigenvalue weighted by Gasteiger charge is 2.22. The van der Waals surface area contributed by atoms with E-state index < -0.39 is 16.6 Å². The first-order valence-electron chi connectivity index (χ1n) is 4.68. The zero-order valence-electron chi connectivity index (χ0n) is 10.1. The van der Waals surface area contributed by atoms with Gasteiger partial charge in [0.25, 0.3) is 0 Å². The number of hydrogen-bond acceptors (Lipinski definition) is 5. The summed E-state index contributed by atoms with van der Waals surface area (Å²) in [6.07, 6.45) is 0. The van der Waals surface area contributed by atoms with Gasteiger partial charge in [-0.2, -0.15) is 0 Å². The molecule has 0 aromatic carbocycles. The molecule has 17 heavy (non-hydrogen) atoms. The molecule has 1 N–H and O–H groups in total. The van der Waals surface area contributed by atoms with Crippen LogP contribution in [-0.2, 0) is 19.1 Å². The number of carbonyl (C=O) groups excluding carboxylic acids is 2. The van der Waals surface area contributed by atoms with Crippen molar-refractivity contribution in [3.05, 3.63) is 12.2 Å². The van der Waals surface area contributed by atoms with Crippen molar-refractivity contribution in [1.29, 1.82) is 0 Å². The number of ether oxygens (including phenoxy) is 2. The first kappa shape index (κ1) is 18.7. The summed E-state index contributed by atoms with van der Waals surface area (Å²) >= 11 is 10.5. The van der Waals surface area contributed by atoms with E-state index in [-0.39, 0.29) is 18.8 Å². The Morgan fingerprint density at radius 1 is 1.29 bits per heavy atom. The molecule has 0 amide bonds. The van der Waals surface area contributed by atoms with Crippen molar-refractivity contribution >= 4 is 35.0 Å². The van der Waals surface area contributed by atoms with Gasteiger partial charge < -0.3 is 14.8 Å². The monoisotopic (exact) mass is 285 g/mol. The van der Waals surface area contributed by atoms with Crippen LogP contribution in [0.1, 0.15) is 0 Å². The lowest BCUT2D eigenvalue weighted by atomic mass is 10.2. The molecule has 0 heterocycles. The predicted molar refractivity (Wildman–Crippen MR) is 67.5 cm³/mol. The highest BCUT2D eigenvalue weighted by molar-refractivity contribution is 6.56. The van der Waals surface area contributed by atoms with Gasteiger partial charge >= 0.3 is 5.97 Å². The molecule has 0 aliphatic rings. The third-order valence-corrected chi connectivity index (χ3v) is 1.66. The molecule has 0 saturated carbocycles. The molecule has 0 aromatic rings. The van der Waals surface area contributed by atoms with E-state index in [0.717, 1.165) is 0 Å². The third-order valence-electron chi connectivity index (χ3n) is 1.26. The molecule has 0 aliphatic heterocycles. The van der Waals surface area contributed by atoms with Crippen LogP contribution in [0.4, 0.5) is 0 Å². The minimum Gasteiger partial charge on any atom is -0.460 e. The lowest BCUT2D eigenvalue weighted by molar-refractivity contribution is -0.141. The van der Waals surface area contributed by atoms with Gasteiger partial charge in [0, 0.05) is 7.11 Å². The molecule has 0 rings (SSSR count). The number of hydrogen-bond donors (Lipinski definition) is 1. The van der Waals surface area contributed by atoms with Crippen LogP contribution < -0.4 is 5.32 Å². The topological polar surface area (TPSA) is 64.6 Å². The van der Waals surface area contributed by atoms with Crippen molar-refractivity contribution in [2.24, 2.45) is 0 Å². The number of methoxy groups -OCH3 is 1. The minimum absolute atomic E-state index is 0.0525. The van der Waals surface area contributed by atoms with Gasteiger partial charge in [0.2, 0.25) is 5.78 Å². The summed E-state index contributed by atoms with van der Waals surface area (Å²) in [5.41, 5.74) is -0.365.